The predicted octanol–water partition coefficient (Wildman–Crippen LogP) is 2.24. The Morgan fingerprint density at radius 1 is 1.00 bits per heavy atom. The van der Waals surface area contributed by atoms with E-state index in [1.165, 1.54) is 12.1 Å². The molecule has 0 saturated carbocycles. The lowest BCUT2D eigenvalue weighted by atomic mass is 10.1. The van der Waals surface area contributed by atoms with E-state index in [1.807, 2.05) is 19.1 Å². The molecule has 0 saturated heterocycles. The van der Waals surface area contributed by atoms with Crippen LogP contribution in [0.5, 0.6) is 0 Å². The van der Waals surface area contributed by atoms with Crippen LogP contribution in [0.3, 0.4) is 0 Å². The Labute approximate surface area is 96.7 Å². The van der Waals surface area contributed by atoms with Gasteiger partial charge in [0.2, 0.25) is 0 Å². The van der Waals surface area contributed by atoms with Crippen molar-refractivity contribution in [3.8, 4) is 11.3 Å². The minimum absolute atomic E-state index is 0.254. The summed E-state index contributed by atoms with van der Waals surface area (Å²) in [6.07, 6.45) is 0. The zero-order valence-corrected chi connectivity index (χ0v) is 9.13. The highest BCUT2D eigenvalue weighted by molar-refractivity contribution is 5.59. The Kier molecular flexibility index (Phi) is 2.11. The van der Waals surface area contributed by atoms with E-state index in [-0.39, 0.29) is 5.82 Å². The SMILES string of the molecule is Cc1nnc2ccc(-c3ccc(F)cc3)nn12. The van der Waals surface area contributed by atoms with E-state index in [0.29, 0.717) is 5.65 Å². The minimum atomic E-state index is -0.254. The molecule has 0 aliphatic heterocycles. The van der Waals surface area contributed by atoms with Crippen LogP contribution in [0.4, 0.5) is 4.39 Å². The molecule has 0 radical (unpaired) electrons. The van der Waals surface area contributed by atoms with E-state index >= 15 is 0 Å². The molecular weight excluding hydrogens is 219 g/mol. The van der Waals surface area contributed by atoms with Crippen molar-refractivity contribution >= 4 is 5.65 Å². The summed E-state index contributed by atoms with van der Waals surface area (Å²) in [5.41, 5.74) is 2.33. The Balaban J connectivity index is 2.17. The number of hydrogen-bond acceptors (Lipinski definition) is 3. The molecule has 4 nitrogen and oxygen atoms in total. The quantitative estimate of drug-likeness (QED) is 0.641. The molecular formula is C12H9FN4. The Bertz CT molecular complexity index is 673. The lowest BCUT2D eigenvalue weighted by Crippen LogP contribution is -1.96. The second-order valence-electron chi connectivity index (χ2n) is 3.74. The Morgan fingerprint density at radius 3 is 2.53 bits per heavy atom. The number of nitrogens with zero attached hydrogens (tertiary/aromatic N) is 4. The second-order valence-corrected chi connectivity index (χ2v) is 3.74. The van der Waals surface area contributed by atoms with E-state index in [0.717, 1.165) is 17.1 Å². The summed E-state index contributed by atoms with van der Waals surface area (Å²) in [4.78, 5) is 0. The molecule has 0 unspecified atom stereocenters. The summed E-state index contributed by atoms with van der Waals surface area (Å²) >= 11 is 0. The Morgan fingerprint density at radius 2 is 1.76 bits per heavy atom. The number of halogens is 1. The summed E-state index contributed by atoms with van der Waals surface area (Å²) in [5, 5.41) is 12.3. The van der Waals surface area contributed by atoms with Crippen LogP contribution in [0.25, 0.3) is 16.9 Å². The van der Waals surface area contributed by atoms with Crippen LogP contribution < -0.4 is 0 Å². The molecule has 17 heavy (non-hydrogen) atoms. The van der Waals surface area contributed by atoms with Gasteiger partial charge in [0.05, 0.1) is 5.69 Å². The zero-order valence-electron chi connectivity index (χ0n) is 9.13. The van der Waals surface area contributed by atoms with Gasteiger partial charge in [-0.05, 0) is 43.3 Å². The minimum Gasteiger partial charge on any atom is -0.207 e. The maximum absolute atomic E-state index is 12.8. The van der Waals surface area contributed by atoms with Gasteiger partial charge in [0.25, 0.3) is 0 Å². The third-order valence-corrected chi connectivity index (χ3v) is 2.56. The molecule has 2 aromatic heterocycles. The first-order valence-corrected chi connectivity index (χ1v) is 5.19. The van der Waals surface area contributed by atoms with E-state index in [2.05, 4.69) is 15.3 Å². The predicted molar refractivity (Wildman–Crippen MR) is 60.9 cm³/mol. The van der Waals surface area contributed by atoms with Crippen molar-refractivity contribution in [1.82, 2.24) is 19.8 Å². The maximum Gasteiger partial charge on any atom is 0.177 e. The van der Waals surface area contributed by atoms with Crippen molar-refractivity contribution in [1.29, 1.82) is 0 Å². The van der Waals surface area contributed by atoms with Crippen molar-refractivity contribution in [2.45, 2.75) is 6.92 Å². The van der Waals surface area contributed by atoms with Crippen molar-refractivity contribution in [2.24, 2.45) is 0 Å². The third-order valence-electron chi connectivity index (χ3n) is 2.56. The molecule has 0 atom stereocenters. The van der Waals surface area contributed by atoms with E-state index in [1.54, 1.807) is 16.6 Å². The van der Waals surface area contributed by atoms with Gasteiger partial charge >= 0.3 is 0 Å². The van der Waals surface area contributed by atoms with Gasteiger partial charge < -0.3 is 0 Å². The van der Waals surface area contributed by atoms with Crippen molar-refractivity contribution in [3.05, 3.63) is 48.0 Å². The molecule has 3 aromatic rings. The first kappa shape index (κ1) is 9.89. The fourth-order valence-electron chi connectivity index (χ4n) is 1.67. The van der Waals surface area contributed by atoms with Crippen molar-refractivity contribution < 1.29 is 4.39 Å². The number of hydrogen-bond donors (Lipinski definition) is 0. The van der Waals surface area contributed by atoms with Crippen LogP contribution in [0.15, 0.2) is 36.4 Å². The number of aromatic nitrogens is 4. The van der Waals surface area contributed by atoms with Gasteiger partial charge in [0, 0.05) is 5.56 Å². The van der Waals surface area contributed by atoms with Gasteiger partial charge in [-0.3, -0.25) is 0 Å². The topological polar surface area (TPSA) is 43.1 Å². The van der Waals surface area contributed by atoms with E-state index in [4.69, 9.17) is 0 Å². The fourth-order valence-corrected chi connectivity index (χ4v) is 1.67. The highest BCUT2D eigenvalue weighted by Crippen LogP contribution is 2.17. The van der Waals surface area contributed by atoms with Crippen LogP contribution in [-0.4, -0.2) is 19.8 Å². The normalized spacial score (nSPS) is 10.9. The molecule has 0 amide bonds. The molecule has 2 heterocycles. The smallest absolute Gasteiger partial charge is 0.177 e. The van der Waals surface area contributed by atoms with E-state index < -0.39 is 0 Å². The maximum atomic E-state index is 12.8. The highest BCUT2D eigenvalue weighted by atomic mass is 19.1. The Hall–Kier alpha value is -2.30. The molecule has 0 fully saturated rings. The molecule has 0 N–H and O–H groups in total. The average Bonchev–Trinajstić information content (AvgIpc) is 2.72. The van der Waals surface area contributed by atoms with Gasteiger partial charge in [0.1, 0.15) is 5.82 Å². The number of benzene rings is 1. The van der Waals surface area contributed by atoms with Crippen LogP contribution >= 0.6 is 0 Å². The van der Waals surface area contributed by atoms with Crippen LogP contribution in [0.1, 0.15) is 5.82 Å². The molecule has 3 rings (SSSR count). The van der Waals surface area contributed by atoms with Gasteiger partial charge in [-0.15, -0.1) is 10.2 Å². The van der Waals surface area contributed by atoms with Crippen LogP contribution in [0, 0.1) is 12.7 Å². The summed E-state index contributed by atoms with van der Waals surface area (Å²) < 4.78 is 14.5. The first-order valence-electron chi connectivity index (χ1n) is 5.19. The van der Waals surface area contributed by atoms with Gasteiger partial charge in [-0.2, -0.15) is 9.61 Å². The number of aryl methyl sites for hydroxylation is 1. The van der Waals surface area contributed by atoms with Crippen molar-refractivity contribution in [2.75, 3.05) is 0 Å². The lowest BCUT2D eigenvalue weighted by molar-refractivity contribution is 0.628. The largest absolute Gasteiger partial charge is 0.207 e. The zero-order chi connectivity index (χ0) is 11.8. The lowest BCUT2D eigenvalue weighted by Gasteiger charge is -2.01. The van der Waals surface area contributed by atoms with Gasteiger partial charge in [-0.1, -0.05) is 0 Å². The average molecular weight is 228 g/mol. The van der Waals surface area contributed by atoms with Crippen LogP contribution in [-0.2, 0) is 0 Å². The number of rotatable bonds is 1. The van der Waals surface area contributed by atoms with Crippen molar-refractivity contribution in [3.63, 3.8) is 0 Å². The standard InChI is InChI=1S/C12H9FN4/c1-8-14-15-12-7-6-11(16-17(8)12)9-2-4-10(13)5-3-9/h2-7H,1H3. The van der Waals surface area contributed by atoms with Crippen LogP contribution in [0.2, 0.25) is 0 Å². The molecule has 84 valence electrons. The highest BCUT2D eigenvalue weighted by Gasteiger charge is 2.05. The molecule has 0 spiro atoms. The van der Waals surface area contributed by atoms with Gasteiger partial charge in [-0.25, -0.2) is 4.39 Å². The molecule has 1 aromatic carbocycles. The molecule has 5 heteroatoms. The number of fused-ring (bicyclic) bond motifs is 1. The third kappa shape index (κ3) is 1.65. The summed E-state index contributed by atoms with van der Waals surface area (Å²) in [6, 6.07) is 9.91. The van der Waals surface area contributed by atoms with Gasteiger partial charge in [0.15, 0.2) is 11.5 Å². The second kappa shape index (κ2) is 3.62. The molecule has 0 aliphatic carbocycles. The summed E-state index contributed by atoms with van der Waals surface area (Å²) in [6.45, 7) is 1.83. The van der Waals surface area contributed by atoms with E-state index in [9.17, 15) is 4.39 Å². The fraction of sp³-hybridized carbons (Fsp3) is 0.0833. The summed E-state index contributed by atoms with van der Waals surface area (Å²) in [7, 11) is 0. The molecule has 0 aliphatic rings. The first-order chi connectivity index (χ1) is 8.24. The molecule has 0 bridgehead atoms. The summed E-state index contributed by atoms with van der Waals surface area (Å²) in [5.74, 6) is 0.472. The monoisotopic (exact) mass is 228 g/mol.